The van der Waals surface area contributed by atoms with Gasteiger partial charge in [0.15, 0.2) is 0 Å². The largest absolute Gasteiger partial charge is 0.467 e. The van der Waals surface area contributed by atoms with Crippen LogP contribution in [0.15, 0.2) is 6.20 Å². The predicted molar refractivity (Wildman–Crippen MR) is 76.9 cm³/mol. The first-order valence-corrected chi connectivity index (χ1v) is 6.98. The van der Waals surface area contributed by atoms with Crippen molar-refractivity contribution in [2.45, 2.75) is 25.4 Å². The number of nitro groups is 1. The number of esters is 1. The molecule has 0 saturated carbocycles. The third kappa shape index (κ3) is 3.09. The maximum atomic E-state index is 12.0. The number of halogens is 1. The van der Waals surface area contributed by atoms with Crippen molar-refractivity contribution in [1.29, 1.82) is 0 Å². The lowest BCUT2D eigenvalue weighted by Gasteiger charge is -2.41. The molecule has 9 nitrogen and oxygen atoms in total. The van der Waals surface area contributed by atoms with E-state index in [1.165, 1.54) is 7.11 Å². The van der Waals surface area contributed by atoms with Crippen LogP contribution in [0.4, 0.5) is 11.5 Å². The van der Waals surface area contributed by atoms with E-state index in [2.05, 4.69) is 9.97 Å². The third-order valence-corrected chi connectivity index (χ3v) is 3.55. The third-order valence-electron chi connectivity index (χ3n) is 3.37. The monoisotopic (exact) mass is 330 g/mol. The summed E-state index contributed by atoms with van der Waals surface area (Å²) in [4.78, 5) is 31.8. The van der Waals surface area contributed by atoms with Gasteiger partial charge in [0.1, 0.15) is 12.2 Å². The molecule has 10 heteroatoms. The molecule has 1 aliphatic heterocycles. The molecule has 0 unspecified atom stereocenters. The summed E-state index contributed by atoms with van der Waals surface area (Å²) in [6.07, 6.45) is 1.42. The van der Waals surface area contributed by atoms with Gasteiger partial charge in [0, 0.05) is 0 Å². The van der Waals surface area contributed by atoms with E-state index in [1.54, 1.807) is 11.8 Å². The van der Waals surface area contributed by atoms with Gasteiger partial charge >= 0.3 is 11.7 Å². The molecule has 1 aromatic rings. The first-order valence-electron chi connectivity index (χ1n) is 6.60. The van der Waals surface area contributed by atoms with Crippen molar-refractivity contribution in [3.63, 3.8) is 0 Å². The molecule has 0 radical (unpaired) electrons. The van der Waals surface area contributed by atoms with E-state index in [1.807, 2.05) is 0 Å². The van der Waals surface area contributed by atoms with Gasteiger partial charge in [-0.25, -0.2) is 9.78 Å². The van der Waals surface area contributed by atoms with Gasteiger partial charge in [0.05, 0.1) is 31.3 Å². The Morgan fingerprint density at radius 1 is 1.68 bits per heavy atom. The highest BCUT2D eigenvalue weighted by Gasteiger charge is 2.39. The molecule has 0 aromatic carbocycles. The van der Waals surface area contributed by atoms with Gasteiger partial charge < -0.3 is 14.4 Å². The summed E-state index contributed by atoms with van der Waals surface area (Å²) in [5.41, 5.74) is -0.321. The van der Waals surface area contributed by atoms with Crippen molar-refractivity contribution in [2.75, 3.05) is 25.2 Å². The summed E-state index contributed by atoms with van der Waals surface area (Å²) in [5, 5.41) is 11.1. The predicted octanol–water partition coefficient (Wildman–Crippen LogP) is 1.19. The molecule has 1 atom stereocenters. The Kier molecular flexibility index (Phi) is 5.09. The zero-order valence-electron chi connectivity index (χ0n) is 12.1. The fourth-order valence-electron chi connectivity index (χ4n) is 2.24. The van der Waals surface area contributed by atoms with Crippen LogP contribution >= 0.6 is 11.6 Å². The van der Waals surface area contributed by atoms with Crippen LogP contribution in [-0.2, 0) is 14.3 Å². The number of carbonyl (C=O) groups excluding carboxylic acids is 1. The minimum absolute atomic E-state index is 0.00412. The van der Waals surface area contributed by atoms with Crippen molar-refractivity contribution < 1.29 is 19.2 Å². The van der Waals surface area contributed by atoms with E-state index in [-0.39, 0.29) is 22.8 Å². The minimum atomic E-state index is -0.719. The van der Waals surface area contributed by atoms with Gasteiger partial charge in [0.25, 0.3) is 0 Å². The number of methoxy groups -OCH3 is 1. The fourth-order valence-corrected chi connectivity index (χ4v) is 2.37. The van der Waals surface area contributed by atoms with E-state index < -0.39 is 16.9 Å². The van der Waals surface area contributed by atoms with E-state index in [0.717, 1.165) is 6.20 Å². The number of aromatic nitrogens is 2. The lowest BCUT2D eigenvalue weighted by atomic mass is 10.1. The van der Waals surface area contributed by atoms with Gasteiger partial charge in [0.2, 0.25) is 11.1 Å². The van der Waals surface area contributed by atoms with Crippen molar-refractivity contribution >= 4 is 29.1 Å². The van der Waals surface area contributed by atoms with Crippen molar-refractivity contribution in [3.8, 4) is 0 Å². The Morgan fingerprint density at radius 3 is 2.82 bits per heavy atom. The molecular formula is C12H15ClN4O5. The lowest BCUT2D eigenvalue weighted by molar-refractivity contribution is -0.384. The Bertz CT molecular complexity index is 581. The van der Waals surface area contributed by atoms with Crippen molar-refractivity contribution in [3.05, 3.63) is 21.6 Å². The number of rotatable bonds is 6. The Morgan fingerprint density at radius 2 is 2.36 bits per heavy atom. The molecule has 0 aliphatic carbocycles. The minimum Gasteiger partial charge on any atom is -0.467 e. The van der Waals surface area contributed by atoms with Crippen LogP contribution in [0.1, 0.15) is 13.3 Å². The maximum Gasteiger partial charge on any atom is 0.329 e. The molecule has 1 aromatic heterocycles. The second kappa shape index (κ2) is 6.84. The summed E-state index contributed by atoms with van der Waals surface area (Å²) < 4.78 is 9.92. The highest BCUT2D eigenvalue weighted by Crippen LogP contribution is 2.32. The van der Waals surface area contributed by atoms with Gasteiger partial charge in [-0.1, -0.05) is 6.92 Å². The summed E-state index contributed by atoms with van der Waals surface area (Å²) in [5.74, 6) is -0.506. The van der Waals surface area contributed by atoms with Gasteiger partial charge in [-0.2, -0.15) is 4.98 Å². The van der Waals surface area contributed by atoms with Gasteiger partial charge in [-0.05, 0) is 18.0 Å². The smallest absolute Gasteiger partial charge is 0.329 e. The van der Waals surface area contributed by atoms with Crippen LogP contribution in [-0.4, -0.2) is 53.3 Å². The number of anilines is 1. The molecule has 1 saturated heterocycles. The molecule has 0 N–H and O–H groups in total. The van der Waals surface area contributed by atoms with Crippen LogP contribution in [0.25, 0.3) is 0 Å². The summed E-state index contributed by atoms with van der Waals surface area (Å²) in [6, 6.07) is -0.933. The van der Waals surface area contributed by atoms with Gasteiger partial charge in [-0.15, -0.1) is 0 Å². The molecule has 0 bridgehead atoms. The molecule has 120 valence electrons. The molecule has 2 rings (SSSR count). The quantitative estimate of drug-likeness (QED) is 0.331. The Labute approximate surface area is 131 Å². The first-order chi connectivity index (χ1) is 10.5. The molecule has 0 amide bonds. The van der Waals surface area contributed by atoms with Crippen LogP contribution in [0, 0.1) is 10.1 Å². The number of carbonyl (C=O) groups is 1. The standard InChI is InChI=1S/C12H15ClN4O5/c1-3-8(11(18)21-2)16(7-5-22-6-7)10-9(17(19)20)4-14-12(13)15-10/h4,7-8H,3,5-6H2,1-2H3/t8-/m1/s1. The zero-order chi connectivity index (χ0) is 16.3. The SMILES string of the molecule is CC[C@H](C(=O)OC)N(c1nc(Cl)ncc1[N+](=O)[O-])C1COC1. The van der Waals surface area contributed by atoms with Crippen molar-refractivity contribution in [2.24, 2.45) is 0 Å². The van der Waals surface area contributed by atoms with E-state index in [9.17, 15) is 14.9 Å². The van der Waals surface area contributed by atoms with Crippen LogP contribution < -0.4 is 4.90 Å². The van der Waals surface area contributed by atoms with E-state index >= 15 is 0 Å². The molecule has 2 heterocycles. The average molecular weight is 331 g/mol. The van der Waals surface area contributed by atoms with Crippen LogP contribution in [0.3, 0.4) is 0 Å². The van der Waals surface area contributed by atoms with Crippen LogP contribution in [0.2, 0.25) is 5.28 Å². The van der Waals surface area contributed by atoms with E-state index in [0.29, 0.717) is 19.6 Å². The summed E-state index contributed by atoms with van der Waals surface area (Å²) in [7, 11) is 1.27. The number of hydrogen-bond acceptors (Lipinski definition) is 8. The highest BCUT2D eigenvalue weighted by atomic mass is 35.5. The second-order valence-electron chi connectivity index (χ2n) is 4.65. The lowest BCUT2D eigenvalue weighted by Crippen LogP contribution is -2.56. The van der Waals surface area contributed by atoms with Crippen molar-refractivity contribution in [1.82, 2.24) is 9.97 Å². The van der Waals surface area contributed by atoms with Crippen LogP contribution in [0.5, 0.6) is 0 Å². The number of ether oxygens (including phenoxy) is 2. The average Bonchev–Trinajstić information content (AvgIpc) is 2.44. The summed E-state index contributed by atoms with van der Waals surface area (Å²) >= 11 is 5.77. The topological polar surface area (TPSA) is 108 Å². The summed E-state index contributed by atoms with van der Waals surface area (Å²) in [6.45, 7) is 2.46. The number of nitrogens with zero attached hydrogens (tertiary/aromatic N) is 4. The molecule has 22 heavy (non-hydrogen) atoms. The molecule has 0 spiro atoms. The normalized spacial score (nSPS) is 15.8. The van der Waals surface area contributed by atoms with Gasteiger partial charge in [-0.3, -0.25) is 10.1 Å². The molecular weight excluding hydrogens is 316 g/mol. The maximum absolute atomic E-state index is 12.0. The first kappa shape index (κ1) is 16.4. The fraction of sp³-hybridized carbons (Fsp3) is 0.583. The second-order valence-corrected chi connectivity index (χ2v) is 4.99. The molecule has 1 aliphatic rings. The molecule has 1 fully saturated rings. The Hall–Kier alpha value is -2.00. The number of hydrogen-bond donors (Lipinski definition) is 0. The van der Waals surface area contributed by atoms with E-state index in [4.69, 9.17) is 21.1 Å². The Balaban J connectivity index is 2.51. The zero-order valence-corrected chi connectivity index (χ0v) is 12.8. The highest BCUT2D eigenvalue weighted by molar-refractivity contribution is 6.28.